The highest BCUT2D eigenvalue weighted by Crippen LogP contribution is 2.28. The molecule has 0 radical (unpaired) electrons. The van der Waals surface area contributed by atoms with E-state index in [1.54, 1.807) is 48.6 Å². The summed E-state index contributed by atoms with van der Waals surface area (Å²) < 4.78 is 24.6. The third-order valence-electron chi connectivity index (χ3n) is 3.93. The van der Waals surface area contributed by atoms with Crippen LogP contribution >= 0.6 is 0 Å². The number of ether oxygens (including phenoxy) is 2. The Bertz CT molecular complexity index is 1140. The number of halogens is 1. The molecule has 0 N–H and O–H groups in total. The Morgan fingerprint density at radius 2 is 1.52 bits per heavy atom. The van der Waals surface area contributed by atoms with Gasteiger partial charge in [0.1, 0.15) is 11.6 Å². The van der Waals surface area contributed by atoms with Gasteiger partial charge in [0, 0.05) is 23.3 Å². The number of carbonyl (C=O) groups excluding carboxylic acids is 2. The molecule has 0 saturated heterocycles. The van der Waals surface area contributed by atoms with Crippen molar-refractivity contribution in [2.24, 2.45) is 0 Å². The molecular formula is C24H15FO4. The third-order valence-corrected chi connectivity index (χ3v) is 3.93. The first kappa shape index (κ1) is 19.6. The fraction of sp³-hybridized carbons (Fsp3) is 0. The number of hydrogen-bond donors (Lipinski definition) is 0. The van der Waals surface area contributed by atoms with Crippen molar-refractivity contribution < 1.29 is 23.5 Å². The van der Waals surface area contributed by atoms with Crippen LogP contribution in [-0.2, 0) is 14.3 Å². The molecule has 0 fully saturated rings. The minimum atomic E-state index is -0.594. The summed E-state index contributed by atoms with van der Waals surface area (Å²) in [4.78, 5) is 22.4. The Hall–Kier alpha value is -4.17. The van der Waals surface area contributed by atoms with Gasteiger partial charge >= 0.3 is 11.9 Å². The quantitative estimate of drug-likeness (QED) is 0.307. The van der Waals surface area contributed by atoms with Gasteiger partial charge in [0.2, 0.25) is 0 Å². The fourth-order valence-corrected chi connectivity index (χ4v) is 2.53. The summed E-state index contributed by atoms with van der Waals surface area (Å²) in [6.07, 6.45) is 5.31. The largest absolute Gasteiger partial charge is 0.423 e. The highest BCUT2D eigenvalue weighted by molar-refractivity contribution is 5.84. The second-order valence-electron chi connectivity index (χ2n) is 5.83. The van der Waals surface area contributed by atoms with Gasteiger partial charge < -0.3 is 9.47 Å². The van der Waals surface area contributed by atoms with Gasteiger partial charge in [0.05, 0.1) is 0 Å². The molecule has 29 heavy (non-hydrogen) atoms. The van der Waals surface area contributed by atoms with Crippen LogP contribution in [-0.4, -0.2) is 11.9 Å². The first-order valence-electron chi connectivity index (χ1n) is 8.53. The number of allylic oxidation sites excluding steroid dienone is 3. The maximum absolute atomic E-state index is 14.7. The van der Waals surface area contributed by atoms with Gasteiger partial charge in [-0.05, 0) is 47.2 Å². The van der Waals surface area contributed by atoms with Crippen LogP contribution in [0.5, 0.6) is 5.75 Å². The second-order valence-corrected chi connectivity index (χ2v) is 5.83. The molecular weight excluding hydrogens is 371 g/mol. The zero-order valence-corrected chi connectivity index (χ0v) is 15.3. The number of esters is 2. The molecule has 0 aliphatic heterocycles. The van der Waals surface area contributed by atoms with E-state index in [1.165, 1.54) is 6.07 Å². The van der Waals surface area contributed by atoms with Crippen LogP contribution in [0.1, 0.15) is 5.56 Å². The van der Waals surface area contributed by atoms with Crippen molar-refractivity contribution in [3.05, 3.63) is 109 Å². The van der Waals surface area contributed by atoms with Gasteiger partial charge in [-0.15, -0.1) is 0 Å². The standard InChI is InChI=1S/C24H15FO4/c1-3-23(26)28-19-10-5-16(6-11-19)18-9-14-21(22(25)15-18)17-7-12-20(13-8-17)29-24(27)4-2/h3-5,7-10,12-15H,1-2H2. The molecule has 0 unspecified atom stereocenters. The van der Waals surface area contributed by atoms with Crippen molar-refractivity contribution in [3.8, 4) is 16.9 Å². The summed E-state index contributed by atoms with van der Waals surface area (Å²) >= 11 is 0. The molecule has 0 saturated carbocycles. The molecule has 0 bridgehead atoms. The smallest absolute Gasteiger partial charge is 0.336 e. The summed E-state index contributed by atoms with van der Waals surface area (Å²) in [5, 5.41) is 0. The van der Waals surface area contributed by atoms with Crippen molar-refractivity contribution in [1.29, 1.82) is 0 Å². The Morgan fingerprint density at radius 1 is 0.862 bits per heavy atom. The maximum Gasteiger partial charge on any atom is 0.336 e. The predicted molar refractivity (Wildman–Crippen MR) is 107 cm³/mol. The maximum atomic E-state index is 14.7. The van der Waals surface area contributed by atoms with E-state index >= 15 is 0 Å². The molecule has 1 aliphatic carbocycles. The molecule has 2 aromatic rings. The molecule has 0 amide bonds. The first-order chi connectivity index (χ1) is 14.0. The summed E-state index contributed by atoms with van der Waals surface area (Å²) in [7, 11) is 0. The van der Waals surface area contributed by atoms with Gasteiger partial charge in [0.15, 0.2) is 5.76 Å². The van der Waals surface area contributed by atoms with Crippen LogP contribution in [0.2, 0.25) is 0 Å². The fourth-order valence-electron chi connectivity index (χ4n) is 2.53. The van der Waals surface area contributed by atoms with Crippen molar-refractivity contribution >= 4 is 17.5 Å². The van der Waals surface area contributed by atoms with E-state index < -0.39 is 17.8 Å². The topological polar surface area (TPSA) is 52.6 Å². The SMILES string of the molecule is C=CC(=O)OC1=C=C=C(c2ccc(-c3ccc(OC(=O)C=C)cc3)c(F)c2)C=C1. The molecule has 2 aromatic carbocycles. The highest BCUT2D eigenvalue weighted by atomic mass is 19.1. The average Bonchev–Trinajstić information content (AvgIpc) is 2.74. The van der Waals surface area contributed by atoms with E-state index in [2.05, 4.69) is 24.6 Å². The normalized spacial score (nSPS) is 11.9. The van der Waals surface area contributed by atoms with Crippen LogP contribution in [0.4, 0.5) is 4.39 Å². The van der Waals surface area contributed by atoms with Crippen molar-refractivity contribution in [3.63, 3.8) is 0 Å². The Labute approximate surface area is 166 Å². The Balaban J connectivity index is 1.84. The number of hydrogen-bond acceptors (Lipinski definition) is 4. The lowest BCUT2D eigenvalue weighted by molar-refractivity contribution is -0.133. The van der Waals surface area contributed by atoms with E-state index in [-0.39, 0.29) is 5.76 Å². The van der Waals surface area contributed by atoms with Crippen LogP contribution in [0, 0.1) is 5.82 Å². The van der Waals surface area contributed by atoms with Crippen LogP contribution < -0.4 is 4.74 Å². The molecule has 0 spiro atoms. The molecule has 0 heterocycles. The zero-order chi connectivity index (χ0) is 20.8. The molecule has 4 nitrogen and oxygen atoms in total. The van der Waals surface area contributed by atoms with Crippen molar-refractivity contribution in [2.45, 2.75) is 0 Å². The molecule has 5 heteroatoms. The van der Waals surface area contributed by atoms with Gasteiger partial charge in [-0.1, -0.05) is 43.2 Å². The number of carbonyl (C=O) groups is 2. The minimum Gasteiger partial charge on any atom is -0.423 e. The number of benzene rings is 2. The monoisotopic (exact) mass is 386 g/mol. The van der Waals surface area contributed by atoms with Crippen LogP contribution in [0.3, 0.4) is 0 Å². The van der Waals surface area contributed by atoms with Crippen molar-refractivity contribution in [1.82, 2.24) is 0 Å². The lowest BCUT2D eigenvalue weighted by atomic mass is 9.99. The lowest BCUT2D eigenvalue weighted by Crippen LogP contribution is -2.02. The lowest BCUT2D eigenvalue weighted by Gasteiger charge is -2.08. The van der Waals surface area contributed by atoms with E-state index in [1.807, 2.05) is 0 Å². The summed E-state index contributed by atoms with van der Waals surface area (Å²) in [5.74, 6) is -1.03. The van der Waals surface area contributed by atoms with Gasteiger partial charge in [-0.25, -0.2) is 14.0 Å². The molecule has 0 atom stereocenters. The van der Waals surface area contributed by atoms with Crippen LogP contribution in [0.15, 0.2) is 97.1 Å². The average molecular weight is 386 g/mol. The number of rotatable bonds is 6. The summed E-state index contributed by atoms with van der Waals surface area (Å²) in [6, 6.07) is 11.3. The Kier molecular flexibility index (Phi) is 5.86. The molecule has 142 valence electrons. The van der Waals surface area contributed by atoms with Gasteiger partial charge in [-0.2, -0.15) is 0 Å². The van der Waals surface area contributed by atoms with E-state index in [0.29, 0.717) is 28.0 Å². The Morgan fingerprint density at radius 3 is 2.10 bits per heavy atom. The molecule has 0 aromatic heterocycles. The summed E-state index contributed by atoms with van der Waals surface area (Å²) in [5.41, 5.74) is 7.78. The molecule has 1 aliphatic rings. The highest BCUT2D eigenvalue weighted by Gasteiger charge is 2.10. The summed E-state index contributed by atoms with van der Waals surface area (Å²) in [6.45, 7) is 6.65. The first-order valence-corrected chi connectivity index (χ1v) is 8.53. The predicted octanol–water partition coefficient (Wildman–Crippen LogP) is 4.90. The van der Waals surface area contributed by atoms with E-state index in [4.69, 9.17) is 9.47 Å². The van der Waals surface area contributed by atoms with Gasteiger partial charge in [0.25, 0.3) is 0 Å². The van der Waals surface area contributed by atoms with E-state index in [9.17, 15) is 14.0 Å². The third kappa shape index (κ3) is 4.76. The van der Waals surface area contributed by atoms with Gasteiger partial charge in [-0.3, -0.25) is 0 Å². The molecule has 3 rings (SSSR count). The zero-order valence-electron chi connectivity index (χ0n) is 15.3. The second kappa shape index (κ2) is 8.68. The van der Waals surface area contributed by atoms with E-state index in [0.717, 1.165) is 12.2 Å². The minimum absolute atomic E-state index is 0.202. The van der Waals surface area contributed by atoms with Crippen LogP contribution in [0.25, 0.3) is 16.7 Å². The van der Waals surface area contributed by atoms with Crippen molar-refractivity contribution in [2.75, 3.05) is 0 Å².